The van der Waals surface area contributed by atoms with Gasteiger partial charge in [-0.2, -0.15) is 0 Å². The molecule has 0 unspecified atom stereocenters. The summed E-state index contributed by atoms with van der Waals surface area (Å²) in [5.74, 6) is 2.84. The van der Waals surface area contributed by atoms with Crippen molar-refractivity contribution in [1.82, 2.24) is 0 Å². The van der Waals surface area contributed by atoms with E-state index in [1.807, 2.05) is 17.2 Å². The standard InChI is InChI=1S/C19H26O/c1-19(2)10-9-17-16-5-3-12-11-13(20)4-6-14(12)15(16)7-8-18(17)19/h11,14-16H,3-10H2,1-2H3/t14-,15+,16-/m0/s1. The van der Waals surface area contributed by atoms with Crippen LogP contribution in [0.25, 0.3) is 0 Å². The molecule has 20 heavy (non-hydrogen) atoms. The quantitative estimate of drug-likeness (QED) is 0.576. The van der Waals surface area contributed by atoms with Crippen molar-refractivity contribution in [1.29, 1.82) is 0 Å². The lowest BCUT2D eigenvalue weighted by Crippen LogP contribution is -2.36. The third-order valence-corrected chi connectivity index (χ3v) is 6.70. The van der Waals surface area contributed by atoms with Gasteiger partial charge in [-0.05, 0) is 74.2 Å². The van der Waals surface area contributed by atoms with E-state index in [9.17, 15) is 4.79 Å². The molecular formula is C19H26O. The number of carbonyl (C=O) groups excluding carboxylic acids is 1. The number of carbonyl (C=O) groups is 1. The van der Waals surface area contributed by atoms with Crippen molar-refractivity contribution >= 4 is 5.78 Å². The molecule has 1 fully saturated rings. The van der Waals surface area contributed by atoms with Gasteiger partial charge in [0.05, 0.1) is 0 Å². The first-order valence-electron chi connectivity index (χ1n) is 8.52. The maximum atomic E-state index is 11.7. The molecule has 1 heteroatoms. The van der Waals surface area contributed by atoms with Gasteiger partial charge >= 0.3 is 0 Å². The second-order valence-electron chi connectivity index (χ2n) is 8.07. The molecular weight excluding hydrogens is 244 g/mol. The van der Waals surface area contributed by atoms with Gasteiger partial charge in [0.25, 0.3) is 0 Å². The van der Waals surface area contributed by atoms with Crippen LogP contribution in [0.4, 0.5) is 0 Å². The van der Waals surface area contributed by atoms with E-state index in [1.54, 1.807) is 0 Å². The van der Waals surface area contributed by atoms with Crippen LogP contribution in [0.1, 0.15) is 65.2 Å². The fourth-order valence-corrected chi connectivity index (χ4v) is 5.67. The third-order valence-electron chi connectivity index (χ3n) is 6.70. The topological polar surface area (TPSA) is 17.1 Å². The molecule has 0 aromatic carbocycles. The Labute approximate surface area is 122 Å². The van der Waals surface area contributed by atoms with E-state index >= 15 is 0 Å². The van der Waals surface area contributed by atoms with Crippen LogP contribution in [0.3, 0.4) is 0 Å². The lowest BCUT2D eigenvalue weighted by atomic mass is 9.59. The van der Waals surface area contributed by atoms with Gasteiger partial charge < -0.3 is 0 Å². The Bertz CT molecular complexity index is 520. The molecule has 0 spiro atoms. The van der Waals surface area contributed by atoms with Crippen LogP contribution in [0, 0.1) is 23.2 Å². The predicted molar refractivity (Wildman–Crippen MR) is 81.3 cm³/mol. The molecule has 0 aromatic rings. The molecule has 0 radical (unpaired) electrons. The summed E-state index contributed by atoms with van der Waals surface area (Å²) in [7, 11) is 0. The van der Waals surface area contributed by atoms with Crippen LogP contribution in [0.5, 0.6) is 0 Å². The highest BCUT2D eigenvalue weighted by Gasteiger charge is 2.46. The minimum atomic E-state index is 0.382. The van der Waals surface area contributed by atoms with Crippen LogP contribution >= 0.6 is 0 Å². The van der Waals surface area contributed by atoms with Gasteiger partial charge in [0.15, 0.2) is 5.78 Å². The Hall–Kier alpha value is -0.850. The first kappa shape index (κ1) is 12.9. The van der Waals surface area contributed by atoms with Crippen LogP contribution in [0.15, 0.2) is 22.8 Å². The molecule has 0 saturated heterocycles. The fourth-order valence-electron chi connectivity index (χ4n) is 5.67. The van der Waals surface area contributed by atoms with Crippen molar-refractivity contribution in [3.05, 3.63) is 22.8 Å². The fraction of sp³-hybridized carbons (Fsp3) is 0.737. The molecule has 0 amide bonds. The monoisotopic (exact) mass is 270 g/mol. The van der Waals surface area contributed by atoms with Crippen molar-refractivity contribution in [2.24, 2.45) is 23.2 Å². The zero-order valence-corrected chi connectivity index (χ0v) is 12.9. The van der Waals surface area contributed by atoms with E-state index in [0.717, 1.165) is 30.6 Å². The Morgan fingerprint density at radius 1 is 1.00 bits per heavy atom. The van der Waals surface area contributed by atoms with Crippen LogP contribution in [-0.4, -0.2) is 5.78 Å². The van der Waals surface area contributed by atoms with Crippen molar-refractivity contribution in [3.63, 3.8) is 0 Å². The van der Waals surface area contributed by atoms with E-state index in [0.29, 0.717) is 11.2 Å². The predicted octanol–water partition coefficient (Wildman–Crippen LogP) is 4.83. The number of allylic oxidation sites excluding steroid dienone is 4. The molecule has 0 aliphatic heterocycles. The first-order chi connectivity index (χ1) is 9.56. The lowest BCUT2D eigenvalue weighted by molar-refractivity contribution is -0.115. The normalized spacial score (nSPS) is 39.0. The summed E-state index contributed by atoms with van der Waals surface area (Å²) in [4.78, 5) is 11.7. The summed E-state index contributed by atoms with van der Waals surface area (Å²) in [5.41, 5.74) is 5.64. The first-order valence-corrected chi connectivity index (χ1v) is 8.52. The smallest absolute Gasteiger partial charge is 0.155 e. The van der Waals surface area contributed by atoms with E-state index in [4.69, 9.17) is 0 Å². The number of rotatable bonds is 0. The molecule has 0 N–H and O–H groups in total. The molecule has 4 aliphatic carbocycles. The zero-order valence-electron chi connectivity index (χ0n) is 12.9. The van der Waals surface area contributed by atoms with Crippen molar-refractivity contribution < 1.29 is 4.79 Å². The number of hydrogen-bond acceptors (Lipinski definition) is 1. The number of fused-ring (bicyclic) bond motifs is 4. The minimum absolute atomic E-state index is 0.382. The Kier molecular flexibility index (Phi) is 2.78. The SMILES string of the molecule is CC1(C)CCC2=C1CC[C@H]1[C@@H]2CCC2=CC(=O)CC[C@@H]21. The Morgan fingerprint density at radius 2 is 1.80 bits per heavy atom. The summed E-state index contributed by atoms with van der Waals surface area (Å²) >= 11 is 0. The van der Waals surface area contributed by atoms with E-state index in [1.165, 1.54) is 44.1 Å². The molecule has 4 rings (SSSR count). The van der Waals surface area contributed by atoms with Crippen LogP contribution in [0.2, 0.25) is 0 Å². The number of hydrogen-bond donors (Lipinski definition) is 0. The van der Waals surface area contributed by atoms with Crippen LogP contribution < -0.4 is 0 Å². The highest BCUT2D eigenvalue weighted by atomic mass is 16.1. The maximum absolute atomic E-state index is 11.7. The van der Waals surface area contributed by atoms with Crippen molar-refractivity contribution in [3.8, 4) is 0 Å². The van der Waals surface area contributed by atoms with Gasteiger partial charge in [-0.3, -0.25) is 4.79 Å². The Morgan fingerprint density at radius 3 is 2.65 bits per heavy atom. The van der Waals surface area contributed by atoms with Crippen molar-refractivity contribution in [2.45, 2.75) is 65.2 Å². The summed E-state index contributed by atoms with van der Waals surface area (Å²) in [6, 6.07) is 0. The van der Waals surface area contributed by atoms with Gasteiger partial charge in [0.2, 0.25) is 0 Å². The highest BCUT2D eigenvalue weighted by molar-refractivity contribution is 5.91. The van der Waals surface area contributed by atoms with Crippen LogP contribution in [-0.2, 0) is 4.79 Å². The summed E-state index contributed by atoms with van der Waals surface area (Å²) < 4.78 is 0. The lowest BCUT2D eigenvalue weighted by Gasteiger charge is -2.46. The molecule has 4 aliphatic rings. The average Bonchev–Trinajstić information content (AvgIpc) is 2.74. The second kappa shape index (κ2) is 4.32. The molecule has 3 atom stereocenters. The molecule has 0 aromatic heterocycles. The van der Waals surface area contributed by atoms with E-state index < -0.39 is 0 Å². The second-order valence-corrected chi connectivity index (χ2v) is 8.07. The molecule has 1 saturated carbocycles. The molecule has 0 heterocycles. The van der Waals surface area contributed by atoms with E-state index in [-0.39, 0.29) is 0 Å². The number of ketones is 1. The molecule has 108 valence electrons. The van der Waals surface area contributed by atoms with Gasteiger partial charge in [0, 0.05) is 6.42 Å². The summed E-state index contributed by atoms with van der Waals surface area (Å²) in [5, 5.41) is 0. The molecule has 0 bridgehead atoms. The Balaban J connectivity index is 1.67. The maximum Gasteiger partial charge on any atom is 0.155 e. The average molecular weight is 270 g/mol. The third kappa shape index (κ3) is 1.78. The molecule has 1 nitrogen and oxygen atoms in total. The van der Waals surface area contributed by atoms with Gasteiger partial charge in [-0.1, -0.05) is 30.6 Å². The highest BCUT2D eigenvalue weighted by Crippen LogP contribution is 2.58. The van der Waals surface area contributed by atoms with E-state index in [2.05, 4.69) is 13.8 Å². The van der Waals surface area contributed by atoms with Gasteiger partial charge in [-0.25, -0.2) is 0 Å². The minimum Gasteiger partial charge on any atom is -0.295 e. The van der Waals surface area contributed by atoms with Gasteiger partial charge in [-0.15, -0.1) is 0 Å². The van der Waals surface area contributed by atoms with Crippen molar-refractivity contribution in [2.75, 3.05) is 0 Å². The van der Waals surface area contributed by atoms with Gasteiger partial charge in [0.1, 0.15) is 0 Å². The summed E-state index contributed by atoms with van der Waals surface area (Å²) in [6.45, 7) is 4.90. The largest absolute Gasteiger partial charge is 0.295 e. The zero-order chi connectivity index (χ0) is 13.9. The summed E-state index contributed by atoms with van der Waals surface area (Å²) in [6.07, 6.45) is 11.9.